The second-order valence-electron chi connectivity index (χ2n) is 4.80. The van der Waals surface area contributed by atoms with Gasteiger partial charge >= 0.3 is 0 Å². The minimum Gasteiger partial charge on any atom is -0.497 e. The Morgan fingerprint density at radius 2 is 2.20 bits per heavy atom. The Labute approximate surface area is 124 Å². The lowest BCUT2D eigenvalue weighted by Crippen LogP contribution is -2.47. The van der Waals surface area contributed by atoms with E-state index >= 15 is 0 Å². The molecule has 0 aliphatic carbocycles. The SMILES string of the molecule is COc1ccc(Cl)c(S(=O)(=O)N2CCCCC2CN)c1. The van der Waals surface area contributed by atoms with E-state index in [1.165, 1.54) is 23.5 Å². The van der Waals surface area contributed by atoms with Crippen molar-refractivity contribution in [2.75, 3.05) is 20.2 Å². The Morgan fingerprint density at radius 1 is 1.45 bits per heavy atom. The number of halogens is 1. The van der Waals surface area contributed by atoms with E-state index in [2.05, 4.69) is 0 Å². The summed E-state index contributed by atoms with van der Waals surface area (Å²) in [6, 6.07) is 4.47. The molecule has 5 nitrogen and oxygen atoms in total. The predicted octanol–water partition coefficient (Wildman–Crippen LogP) is 1.85. The monoisotopic (exact) mass is 318 g/mol. The normalized spacial score (nSPS) is 20.9. The van der Waals surface area contributed by atoms with Crippen LogP contribution in [-0.2, 0) is 10.0 Å². The Morgan fingerprint density at radius 3 is 2.85 bits per heavy atom. The molecular weight excluding hydrogens is 300 g/mol. The molecule has 1 fully saturated rings. The first-order valence-electron chi connectivity index (χ1n) is 6.56. The molecule has 1 atom stereocenters. The number of nitrogens with two attached hydrogens (primary N) is 1. The van der Waals surface area contributed by atoms with Gasteiger partial charge < -0.3 is 10.5 Å². The molecule has 7 heteroatoms. The molecule has 1 aromatic carbocycles. The number of benzene rings is 1. The van der Waals surface area contributed by atoms with Crippen molar-refractivity contribution >= 4 is 21.6 Å². The Balaban J connectivity index is 2.43. The zero-order valence-corrected chi connectivity index (χ0v) is 13.0. The average molecular weight is 319 g/mol. The highest BCUT2D eigenvalue weighted by Crippen LogP contribution is 2.31. The topological polar surface area (TPSA) is 72.6 Å². The van der Waals surface area contributed by atoms with Crippen LogP contribution in [0.1, 0.15) is 19.3 Å². The van der Waals surface area contributed by atoms with E-state index in [0.717, 1.165) is 19.3 Å². The summed E-state index contributed by atoms with van der Waals surface area (Å²) in [6.07, 6.45) is 2.63. The molecular formula is C13H19ClN2O3S. The van der Waals surface area contributed by atoms with Crippen molar-refractivity contribution < 1.29 is 13.2 Å². The number of hydrogen-bond donors (Lipinski definition) is 1. The first-order valence-corrected chi connectivity index (χ1v) is 8.38. The minimum atomic E-state index is -3.65. The zero-order chi connectivity index (χ0) is 14.8. The second-order valence-corrected chi connectivity index (χ2v) is 7.06. The molecule has 0 aromatic heterocycles. The smallest absolute Gasteiger partial charge is 0.244 e. The molecule has 1 saturated heterocycles. The van der Waals surface area contributed by atoms with Crippen LogP contribution in [0.3, 0.4) is 0 Å². The molecule has 1 aliphatic rings. The highest BCUT2D eigenvalue weighted by atomic mass is 35.5. The van der Waals surface area contributed by atoms with Gasteiger partial charge in [-0.25, -0.2) is 8.42 Å². The summed E-state index contributed by atoms with van der Waals surface area (Å²) in [7, 11) is -2.16. The summed E-state index contributed by atoms with van der Waals surface area (Å²) >= 11 is 6.06. The molecule has 20 heavy (non-hydrogen) atoms. The minimum absolute atomic E-state index is 0.0823. The van der Waals surface area contributed by atoms with E-state index in [1.54, 1.807) is 6.07 Å². The molecule has 2 rings (SSSR count). The number of ether oxygens (including phenoxy) is 1. The van der Waals surface area contributed by atoms with E-state index in [1.807, 2.05) is 0 Å². The summed E-state index contributed by atoms with van der Waals surface area (Å²) in [5, 5.41) is 0.201. The van der Waals surface area contributed by atoms with Gasteiger partial charge in [0.15, 0.2) is 0 Å². The Kier molecular flexibility index (Phi) is 4.90. The Bertz CT molecular complexity index is 577. The standard InChI is InChI=1S/C13H19ClN2O3S/c1-19-11-5-6-12(14)13(8-11)20(17,18)16-7-3-2-4-10(16)9-15/h5-6,8,10H,2-4,7,9,15H2,1H3. The molecule has 0 amide bonds. The number of sulfonamides is 1. The van der Waals surface area contributed by atoms with Crippen molar-refractivity contribution in [1.82, 2.24) is 4.31 Å². The number of rotatable bonds is 4. The fourth-order valence-electron chi connectivity index (χ4n) is 2.46. The largest absolute Gasteiger partial charge is 0.497 e. The molecule has 0 saturated carbocycles. The summed E-state index contributed by atoms with van der Waals surface area (Å²) in [4.78, 5) is 0.0823. The van der Waals surface area contributed by atoms with Crippen LogP contribution in [0.5, 0.6) is 5.75 Å². The first-order chi connectivity index (χ1) is 9.50. The van der Waals surface area contributed by atoms with Crippen LogP contribution in [0.4, 0.5) is 0 Å². The molecule has 0 spiro atoms. The number of methoxy groups -OCH3 is 1. The van der Waals surface area contributed by atoms with Gasteiger partial charge in [0.1, 0.15) is 10.6 Å². The van der Waals surface area contributed by atoms with E-state index < -0.39 is 10.0 Å². The lowest BCUT2D eigenvalue weighted by molar-refractivity contribution is 0.257. The van der Waals surface area contributed by atoms with Crippen LogP contribution in [-0.4, -0.2) is 39.0 Å². The molecule has 1 heterocycles. The van der Waals surface area contributed by atoms with Crippen LogP contribution < -0.4 is 10.5 Å². The van der Waals surface area contributed by atoms with Crippen molar-refractivity contribution in [2.24, 2.45) is 5.73 Å². The van der Waals surface area contributed by atoms with Crippen molar-refractivity contribution in [3.05, 3.63) is 23.2 Å². The quantitative estimate of drug-likeness (QED) is 0.919. The molecule has 1 unspecified atom stereocenters. The molecule has 1 aliphatic heterocycles. The maximum Gasteiger partial charge on any atom is 0.244 e. The lowest BCUT2D eigenvalue weighted by atomic mass is 10.1. The van der Waals surface area contributed by atoms with Gasteiger partial charge in [0.25, 0.3) is 0 Å². The third kappa shape index (κ3) is 2.93. The van der Waals surface area contributed by atoms with Gasteiger partial charge in [-0.05, 0) is 25.0 Å². The first kappa shape index (κ1) is 15.6. The van der Waals surface area contributed by atoms with Gasteiger partial charge in [-0.3, -0.25) is 0 Å². The van der Waals surface area contributed by atoms with Gasteiger partial charge in [0.05, 0.1) is 12.1 Å². The van der Waals surface area contributed by atoms with Gasteiger partial charge in [-0.1, -0.05) is 18.0 Å². The molecule has 2 N–H and O–H groups in total. The van der Waals surface area contributed by atoms with Crippen LogP contribution in [0, 0.1) is 0 Å². The van der Waals surface area contributed by atoms with E-state index in [4.69, 9.17) is 22.1 Å². The van der Waals surface area contributed by atoms with Gasteiger partial charge in [-0.15, -0.1) is 0 Å². The van der Waals surface area contributed by atoms with Crippen molar-refractivity contribution in [3.63, 3.8) is 0 Å². The highest BCUT2D eigenvalue weighted by Gasteiger charge is 2.34. The van der Waals surface area contributed by atoms with Crippen LogP contribution in [0.2, 0.25) is 5.02 Å². The molecule has 1 aromatic rings. The Hall–Kier alpha value is -0.820. The molecule has 112 valence electrons. The van der Waals surface area contributed by atoms with Crippen molar-refractivity contribution in [1.29, 1.82) is 0 Å². The van der Waals surface area contributed by atoms with E-state index in [-0.39, 0.29) is 16.0 Å². The maximum atomic E-state index is 12.8. The van der Waals surface area contributed by atoms with Gasteiger partial charge in [0, 0.05) is 25.2 Å². The van der Waals surface area contributed by atoms with Crippen LogP contribution >= 0.6 is 11.6 Å². The zero-order valence-electron chi connectivity index (χ0n) is 11.4. The van der Waals surface area contributed by atoms with Crippen LogP contribution in [0.25, 0.3) is 0 Å². The molecule has 0 bridgehead atoms. The molecule has 0 radical (unpaired) electrons. The van der Waals surface area contributed by atoms with Gasteiger partial charge in [-0.2, -0.15) is 4.31 Å². The summed E-state index contributed by atoms with van der Waals surface area (Å²) < 4.78 is 32.1. The summed E-state index contributed by atoms with van der Waals surface area (Å²) in [5.41, 5.74) is 5.70. The fraction of sp³-hybridized carbons (Fsp3) is 0.538. The fourth-order valence-corrected chi connectivity index (χ4v) is 4.66. The van der Waals surface area contributed by atoms with Crippen molar-refractivity contribution in [3.8, 4) is 5.75 Å². The predicted molar refractivity (Wildman–Crippen MR) is 78.6 cm³/mol. The maximum absolute atomic E-state index is 12.8. The third-order valence-corrected chi connectivity index (χ3v) is 6.00. The van der Waals surface area contributed by atoms with E-state index in [0.29, 0.717) is 18.8 Å². The van der Waals surface area contributed by atoms with E-state index in [9.17, 15) is 8.42 Å². The van der Waals surface area contributed by atoms with Crippen LogP contribution in [0.15, 0.2) is 23.1 Å². The number of nitrogens with zero attached hydrogens (tertiary/aromatic N) is 1. The highest BCUT2D eigenvalue weighted by molar-refractivity contribution is 7.89. The number of hydrogen-bond acceptors (Lipinski definition) is 4. The summed E-state index contributed by atoms with van der Waals surface area (Å²) in [6.45, 7) is 0.804. The summed E-state index contributed by atoms with van der Waals surface area (Å²) in [5.74, 6) is 0.467. The number of piperidine rings is 1. The third-order valence-electron chi connectivity index (χ3n) is 3.57. The average Bonchev–Trinajstić information content (AvgIpc) is 2.47. The van der Waals surface area contributed by atoms with Crippen molar-refractivity contribution in [2.45, 2.75) is 30.2 Å². The second kappa shape index (κ2) is 6.30. The van der Waals surface area contributed by atoms with Gasteiger partial charge in [0.2, 0.25) is 10.0 Å². The lowest BCUT2D eigenvalue weighted by Gasteiger charge is -2.34.